The zero-order valence-corrected chi connectivity index (χ0v) is 24.8. The van der Waals surface area contributed by atoms with E-state index >= 15 is 0 Å². The number of piperidine rings is 1. The number of nitrogens with zero attached hydrogens (tertiary/aromatic N) is 3. The summed E-state index contributed by atoms with van der Waals surface area (Å²) in [5.41, 5.74) is 5.45. The van der Waals surface area contributed by atoms with E-state index in [4.69, 9.17) is 0 Å². The standard InChI is InChI=1S/C36H28N6O4/c1-19-13-14-20(15-29(19)38-30-16-31(43)21-7-2-3-8-22(21)33(30)44)36(46)42-17-23-24(18-42)32(23)41-35(45)28-12-6-11-27(37-28)34-39-25-9-4-5-10-26(25)40-34/h2-16,23-24,32,38H,17-18H2,1H3,(H,39,40)(H,41,45). The normalized spacial score (nSPS) is 19.8. The van der Waals surface area contributed by atoms with Crippen molar-refractivity contribution >= 4 is 40.1 Å². The van der Waals surface area contributed by atoms with E-state index in [9.17, 15) is 19.2 Å². The van der Waals surface area contributed by atoms with Crippen LogP contribution in [0.2, 0.25) is 0 Å². The second-order valence-corrected chi connectivity index (χ2v) is 12.0. The van der Waals surface area contributed by atoms with Gasteiger partial charge in [0.05, 0.1) is 16.7 Å². The molecule has 2 unspecified atom stereocenters. The van der Waals surface area contributed by atoms with E-state index in [-0.39, 0.29) is 47.0 Å². The van der Waals surface area contributed by atoms with Crippen LogP contribution in [0.3, 0.4) is 0 Å². The molecule has 2 aromatic heterocycles. The maximum atomic E-state index is 13.5. The summed E-state index contributed by atoms with van der Waals surface area (Å²) in [5.74, 6) is 0.0635. The molecule has 3 N–H and O–H groups in total. The second-order valence-electron chi connectivity index (χ2n) is 12.0. The zero-order chi connectivity index (χ0) is 31.5. The van der Waals surface area contributed by atoms with Gasteiger partial charge in [-0.3, -0.25) is 19.2 Å². The van der Waals surface area contributed by atoms with Crippen LogP contribution in [0, 0.1) is 18.8 Å². The fraction of sp³-hybridized carbons (Fsp3) is 0.167. The Hall–Kier alpha value is -5.90. The summed E-state index contributed by atoms with van der Waals surface area (Å²) < 4.78 is 0. The lowest BCUT2D eigenvalue weighted by atomic mass is 9.92. The first-order valence-corrected chi connectivity index (χ1v) is 15.1. The van der Waals surface area contributed by atoms with Crippen molar-refractivity contribution in [3.8, 4) is 11.5 Å². The first-order valence-electron chi connectivity index (χ1n) is 15.1. The summed E-state index contributed by atoms with van der Waals surface area (Å²) in [5, 5.41) is 6.21. The molecule has 1 aliphatic heterocycles. The lowest BCUT2D eigenvalue weighted by molar-refractivity contribution is 0.0769. The average Bonchev–Trinajstić information content (AvgIpc) is 3.39. The number of hydrogen-bond acceptors (Lipinski definition) is 7. The van der Waals surface area contributed by atoms with Crippen molar-refractivity contribution in [2.45, 2.75) is 13.0 Å². The maximum Gasteiger partial charge on any atom is 0.270 e. The van der Waals surface area contributed by atoms with Crippen LogP contribution >= 0.6 is 0 Å². The molecular weight excluding hydrogens is 580 g/mol. The van der Waals surface area contributed by atoms with Crippen LogP contribution in [0.15, 0.2) is 96.7 Å². The molecule has 10 heteroatoms. The van der Waals surface area contributed by atoms with Crippen LogP contribution in [0.25, 0.3) is 22.6 Å². The number of likely N-dealkylation sites (tertiary alicyclic amines) is 1. The lowest BCUT2D eigenvalue weighted by Crippen LogP contribution is -2.37. The van der Waals surface area contributed by atoms with Gasteiger partial charge in [-0.25, -0.2) is 9.97 Å². The number of ketones is 2. The number of aromatic nitrogens is 3. The number of H-pyrrole nitrogens is 1. The van der Waals surface area contributed by atoms with E-state index in [1.165, 1.54) is 6.08 Å². The minimum Gasteiger partial charge on any atom is -0.352 e. The van der Waals surface area contributed by atoms with Gasteiger partial charge < -0.3 is 20.5 Å². The Labute approximate surface area is 263 Å². The molecule has 10 nitrogen and oxygen atoms in total. The average molecular weight is 609 g/mol. The molecule has 3 heterocycles. The van der Waals surface area contributed by atoms with Gasteiger partial charge in [-0.1, -0.05) is 48.5 Å². The fourth-order valence-electron chi connectivity index (χ4n) is 6.52. The predicted octanol–water partition coefficient (Wildman–Crippen LogP) is 4.81. The zero-order valence-electron chi connectivity index (χ0n) is 24.8. The highest BCUT2D eigenvalue weighted by molar-refractivity contribution is 6.25. The summed E-state index contributed by atoms with van der Waals surface area (Å²) in [6.45, 7) is 2.94. The van der Waals surface area contributed by atoms with Gasteiger partial charge in [-0.05, 0) is 48.9 Å². The highest BCUT2D eigenvalue weighted by Crippen LogP contribution is 2.46. The van der Waals surface area contributed by atoms with Crippen molar-refractivity contribution in [1.82, 2.24) is 25.2 Å². The quantitative estimate of drug-likeness (QED) is 0.252. The molecule has 3 aromatic carbocycles. The number of hydrogen-bond donors (Lipinski definition) is 3. The highest BCUT2D eigenvalue weighted by atomic mass is 16.2. The molecule has 226 valence electrons. The molecule has 2 fully saturated rings. The number of amides is 2. The van der Waals surface area contributed by atoms with Gasteiger partial charge in [-0.15, -0.1) is 0 Å². The molecule has 1 saturated carbocycles. The van der Waals surface area contributed by atoms with Crippen LogP contribution in [-0.2, 0) is 0 Å². The summed E-state index contributed by atoms with van der Waals surface area (Å²) in [4.78, 5) is 66.5. The van der Waals surface area contributed by atoms with Crippen molar-refractivity contribution in [3.05, 3.63) is 125 Å². The van der Waals surface area contributed by atoms with E-state index in [1.54, 1.807) is 53.4 Å². The Morgan fingerprint density at radius 3 is 2.43 bits per heavy atom. The van der Waals surface area contributed by atoms with Gasteiger partial charge in [0, 0.05) is 59.4 Å². The number of rotatable bonds is 6. The number of carbonyl (C=O) groups excluding carboxylic acids is 4. The van der Waals surface area contributed by atoms with Crippen molar-refractivity contribution in [1.29, 1.82) is 0 Å². The molecule has 46 heavy (non-hydrogen) atoms. The van der Waals surface area contributed by atoms with Crippen LogP contribution < -0.4 is 10.6 Å². The van der Waals surface area contributed by atoms with Crippen molar-refractivity contribution < 1.29 is 19.2 Å². The number of anilines is 1. The van der Waals surface area contributed by atoms with E-state index < -0.39 is 0 Å². The molecule has 2 atom stereocenters. The highest BCUT2D eigenvalue weighted by Gasteiger charge is 2.57. The Bertz CT molecular complexity index is 2100. The van der Waals surface area contributed by atoms with E-state index in [0.29, 0.717) is 52.7 Å². The molecule has 3 aliphatic rings. The van der Waals surface area contributed by atoms with Gasteiger partial charge in [0.1, 0.15) is 11.4 Å². The number of nitrogens with one attached hydrogen (secondary N) is 3. The number of imidazole rings is 1. The van der Waals surface area contributed by atoms with Gasteiger partial charge in [0.15, 0.2) is 11.6 Å². The number of pyridine rings is 1. The van der Waals surface area contributed by atoms with E-state index in [2.05, 4.69) is 25.6 Å². The monoisotopic (exact) mass is 608 g/mol. The Morgan fingerprint density at radius 2 is 1.63 bits per heavy atom. The summed E-state index contributed by atoms with van der Waals surface area (Å²) in [7, 11) is 0. The van der Waals surface area contributed by atoms with Crippen LogP contribution in [0.4, 0.5) is 5.69 Å². The van der Waals surface area contributed by atoms with Crippen LogP contribution in [-0.4, -0.2) is 62.4 Å². The molecular formula is C36H28N6O4. The van der Waals surface area contributed by atoms with Crippen molar-refractivity contribution in [3.63, 3.8) is 0 Å². The Balaban J connectivity index is 0.909. The minimum absolute atomic E-state index is 0.0203. The third-order valence-electron chi connectivity index (χ3n) is 9.10. The molecule has 0 bridgehead atoms. The Morgan fingerprint density at radius 1 is 0.870 bits per heavy atom. The topological polar surface area (TPSA) is 137 Å². The number of benzene rings is 3. The predicted molar refractivity (Wildman–Crippen MR) is 171 cm³/mol. The summed E-state index contributed by atoms with van der Waals surface area (Å²) >= 11 is 0. The molecule has 0 spiro atoms. The number of allylic oxidation sites excluding steroid dienone is 2. The molecule has 8 rings (SSSR count). The van der Waals surface area contributed by atoms with Gasteiger partial charge in [-0.2, -0.15) is 0 Å². The number of fused-ring (bicyclic) bond motifs is 3. The molecule has 2 aliphatic carbocycles. The number of para-hydroxylation sites is 2. The van der Waals surface area contributed by atoms with Crippen LogP contribution in [0.5, 0.6) is 0 Å². The van der Waals surface area contributed by atoms with E-state index in [1.807, 2.05) is 43.3 Å². The molecule has 0 radical (unpaired) electrons. The van der Waals surface area contributed by atoms with Crippen molar-refractivity contribution in [2.24, 2.45) is 11.8 Å². The smallest absolute Gasteiger partial charge is 0.270 e. The number of Topliss-reactive ketones (excluding diaryl/α,β-unsaturated/α-hetero) is 1. The van der Waals surface area contributed by atoms with Crippen LogP contribution in [0.1, 0.15) is 47.1 Å². The minimum atomic E-state index is -0.268. The van der Waals surface area contributed by atoms with Gasteiger partial charge in [0.25, 0.3) is 11.8 Å². The van der Waals surface area contributed by atoms with Gasteiger partial charge >= 0.3 is 0 Å². The first-order chi connectivity index (χ1) is 22.3. The SMILES string of the molecule is Cc1ccc(C(=O)N2CC3C(C2)C3NC(=O)c2cccc(-c3nc4ccccc4[nH]3)n2)cc1NC1=CC(=O)c2ccccc2C1=O. The van der Waals surface area contributed by atoms with Gasteiger partial charge in [0.2, 0.25) is 5.78 Å². The lowest BCUT2D eigenvalue weighted by Gasteiger charge is -2.22. The number of aromatic amines is 1. The number of carbonyl (C=O) groups is 4. The number of aryl methyl sites for hydroxylation is 1. The third kappa shape index (κ3) is 4.75. The second kappa shape index (κ2) is 10.6. The molecule has 1 saturated heterocycles. The maximum absolute atomic E-state index is 13.5. The molecule has 2 amide bonds. The van der Waals surface area contributed by atoms with Crippen molar-refractivity contribution in [2.75, 3.05) is 18.4 Å². The summed E-state index contributed by atoms with van der Waals surface area (Å²) in [6, 6.07) is 25.0. The largest absolute Gasteiger partial charge is 0.352 e. The first kappa shape index (κ1) is 27.6. The molecule has 5 aromatic rings. The Kier molecular flexibility index (Phi) is 6.38. The fourth-order valence-corrected chi connectivity index (χ4v) is 6.52. The summed E-state index contributed by atoms with van der Waals surface area (Å²) in [6.07, 6.45) is 1.31. The van der Waals surface area contributed by atoms with E-state index in [0.717, 1.165) is 16.6 Å². The third-order valence-corrected chi connectivity index (χ3v) is 9.10.